The van der Waals surface area contributed by atoms with Crippen LogP contribution in [0.2, 0.25) is 0 Å². The monoisotopic (exact) mass is 272 g/mol. The van der Waals surface area contributed by atoms with Gasteiger partial charge >= 0.3 is 7.82 Å². The molecule has 0 saturated heterocycles. The summed E-state index contributed by atoms with van der Waals surface area (Å²) >= 11 is 0. The van der Waals surface area contributed by atoms with Gasteiger partial charge in [-0.3, -0.25) is 9.42 Å². The van der Waals surface area contributed by atoms with Crippen molar-refractivity contribution in [1.82, 2.24) is 0 Å². The predicted octanol–water partition coefficient (Wildman–Crippen LogP) is 4.10. The molecule has 1 N–H and O–H groups in total. The van der Waals surface area contributed by atoms with Crippen molar-refractivity contribution in [2.45, 2.75) is 46.1 Å². The first-order valence-corrected chi connectivity index (χ1v) is 7.42. The van der Waals surface area contributed by atoms with Gasteiger partial charge in [-0.25, -0.2) is 4.57 Å². The van der Waals surface area contributed by atoms with Crippen molar-refractivity contribution in [1.29, 1.82) is 0 Å². The molecule has 4 nitrogen and oxygen atoms in total. The fraction of sp³-hybridized carbons (Fsp3) is 0.538. The molecule has 1 atom stereocenters. The molecule has 1 aromatic rings. The highest BCUT2D eigenvalue weighted by atomic mass is 31.2. The van der Waals surface area contributed by atoms with Crippen molar-refractivity contribution in [3.05, 3.63) is 29.8 Å². The zero-order valence-corrected chi connectivity index (χ0v) is 12.4. The van der Waals surface area contributed by atoms with Gasteiger partial charge in [-0.1, -0.05) is 26.0 Å². The number of hydrogen-bond donors (Lipinski definition) is 1. The largest absolute Gasteiger partial charge is 0.527 e. The van der Waals surface area contributed by atoms with Crippen molar-refractivity contribution < 1.29 is 18.5 Å². The average molecular weight is 272 g/mol. The number of benzene rings is 1. The summed E-state index contributed by atoms with van der Waals surface area (Å²) in [6.07, 6.45) is 0. The Morgan fingerprint density at radius 1 is 1.17 bits per heavy atom. The molecule has 0 spiro atoms. The van der Waals surface area contributed by atoms with Crippen LogP contribution in [0.25, 0.3) is 0 Å². The van der Waals surface area contributed by atoms with E-state index in [1.807, 2.05) is 12.1 Å². The van der Waals surface area contributed by atoms with Gasteiger partial charge in [0.25, 0.3) is 0 Å². The highest BCUT2D eigenvalue weighted by molar-refractivity contribution is 7.47. The first kappa shape index (κ1) is 15.2. The van der Waals surface area contributed by atoms with Crippen LogP contribution in [0.3, 0.4) is 0 Å². The molecule has 0 bridgehead atoms. The maximum Gasteiger partial charge on any atom is 0.527 e. The van der Waals surface area contributed by atoms with E-state index in [1.165, 1.54) is 0 Å². The molecule has 102 valence electrons. The maximum atomic E-state index is 11.7. The molecule has 18 heavy (non-hydrogen) atoms. The molecule has 5 heteroatoms. The van der Waals surface area contributed by atoms with Crippen LogP contribution < -0.4 is 4.52 Å². The number of phosphoric acid groups is 1. The van der Waals surface area contributed by atoms with Crippen molar-refractivity contribution >= 4 is 7.82 Å². The summed E-state index contributed by atoms with van der Waals surface area (Å²) in [5, 5.41) is 0. The second-order valence-electron chi connectivity index (χ2n) is 5.49. The lowest BCUT2D eigenvalue weighted by Gasteiger charge is -2.22. The van der Waals surface area contributed by atoms with E-state index in [4.69, 9.17) is 9.05 Å². The zero-order chi connectivity index (χ0) is 14.0. The Labute approximate surface area is 109 Å². The molecule has 0 fully saturated rings. The standard InChI is InChI=1S/C13H21O4P/c1-10(2)11-6-8-12(9-7-11)16-18(14,15)17-13(3,4)5/h6-10H,1-5H3,(H,14,15). The molecule has 1 rings (SSSR count). The molecular formula is C13H21O4P. The fourth-order valence-corrected chi connectivity index (χ4v) is 2.53. The minimum atomic E-state index is -4.07. The topological polar surface area (TPSA) is 55.8 Å². The number of rotatable bonds is 4. The van der Waals surface area contributed by atoms with E-state index in [2.05, 4.69) is 13.8 Å². The lowest BCUT2D eigenvalue weighted by molar-refractivity contribution is 0.0847. The highest BCUT2D eigenvalue weighted by Crippen LogP contribution is 2.47. The zero-order valence-electron chi connectivity index (χ0n) is 11.5. The lowest BCUT2D eigenvalue weighted by atomic mass is 10.0. The van der Waals surface area contributed by atoms with Gasteiger partial charge in [0.05, 0.1) is 5.60 Å². The van der Waals surface area contributed by atoms with Gasteiger partial charge in [0.2, 0.25) is 0 Å². The molecular weight excluding hydrogens is 251 g/mol. The van der Waals surface area contributed by atoms with Crippen LogP contribution in [0.4, 0.5) is 0 Å². The van der Waals surface area contributed by atoms with Crippen LogP contribution in [-0.4, -0.2) is 10.5 Å². The van der Waals surface area contributed by atoms with Crippen LogP contribution in [0, 0.1) is 0 Å². The van der Waals surface area contributed by atoms with Crippen LogP contribution in [0.5, 0.6) is 5.75 Å². The van der Waals surface area contributed by atoms with Crippen LogP contribution in [0.15, 0.2) is 24.3 Å². The van der Waals surface area contributed by atoms with Gasteiger partial charge in [-0.2, -0.15) is 0 Å². The second kappa shape index (κ2) is 5.43. The summed E-state index contributed by atoms with van der Waals surface area (Å²) in [6.45, 7) is 9.24. The van der Waals surface area contributed by atoms with Gasteiger partial charge in [-0.15, -0.1) is 0 Å². The van der Waals surface area contributed by atoms with Gasteiger partial charge in [-0.05, 0) is 44.4 Å². The lowest BCUT2D eigenvalue weighted by Crippen LogP contribution is -2.18. The van der Waals surface area contributed by atoms with E-state index in [-0.39, 0.29) is 0 Å². The minimum absolute atomic E-state index is 0.328. The Bertz CT molecular complexity index is 431. The van der Waals surface area contributed by atoms with Crippen molar-refractivity contribution in [3.63, 3.8) is 0 Å². The van der Waals surface area contributed by atoms with Crippen molar-refractivity contribution in [2.75, 3.05) is 0 Å². The molecule has 0 amide bonds. The van der Waals surface area contributed by atoms with Crippen molar-refractivity contribution in [2.24, 2.45) is 0 Å². The third kappa shape index (κ3) is 5.21. The maximum absolute atomic E-state index is 11.7. The van der Waals surface area contributed by atoms with E-state index in [9.17, 15) is 9.46 Å². The third-order valence-corrected chi connectivity index (χ3v) is 3.38. The van der Waals surface area contributed by atoms with Crippen molar-refractivity contribution in [3.8, 4) is 5.75 Å². The number of hydrogen-bond acceptors (Lipinski definition) is 3. The molecule has 0 aromatic heterocycles. The first-order chi connectivity index (χ1) is 8.09. The first-order valence-electron chi connectivity index (χ1n) is 5.92. The van der Waals surface area contributed by atoms with Gasteiger partial charge in [0.1, 0.15) is 5.75 Å². The Kier molecular flexibility index (Phi) is 4.60. The Balaban J connectivity index is 2.75. The van der Waals surface area contributed by atoms with E-state index in [0.717, 1.165) is 5.56 Å². The van der Waals surface area contributed by atoms with E-state index < -0.39 is 13.4 Å². The van der Waals surface area contributed by atoms with E-state index in [0.29, 0.717) is 11.7 Å². The Morgan fingerprint density at radius 3 is 2.06 bits per heavy atom. The summed E-state index contributed by atoms with van der Waals surface area (Å²) in [7, 11) is -4.07. The highest BCUT2D eigenvalue weighted by Gasteiger charge is 2.30. The molecule has 1 aromatic carbocycles. The summed E-state index contributed by atoms with van der Waals surface area (Å²) in [5.74, 6) is 0.736. The van der Waals surface area contributed by atoms with Gasteiger partial charge < -0.3 is 4.52 Å². The smallest absolute Gasteiger partial charge is 0.404 e. The number of phosphoric ester groups is 1. The van der Waals surface area contributed by atoms with Crippen LogP contribution >= 0.6 is 7.82 Å². The molecule has 0 radical (unpaired) electrons. The molecule has 0 aliphatic carbocycles. The Morgan fingerprint density at radius 2 is 1.67 bits per heavy atom. The quantitative estimate of drug-likeness (QED) is 0.838. The normalized spacial score (nSPS) is 15.5. The SMILES string of the molecule is CC(C)c1ccc(OP(=O)(O)OC(C)(C)C)cc1. The van der Waals surface area contributed by atoms with Crippen LogP contribution in [0.1, 0.15) is 46.1 Å². The summed E-state index contributed by atoms with van der Waals surface area (Å²) in [5.41, 5.74) is 0.411. The van der Waals surface area contributed by atoms with Gasteiger partial charge in [0, 0.05) is 0 Å². The second-order valence-corrected chi connectivity index (χ2v) is 6.79. The summed E-state index contributed by atoms with van der Waals surface area (Å²) in [4.78, 5) is 9.59. The predicted molar refractivity (Wildman–Crippen MR) is 71.8 cm³/mol. The summed E-state index contributed by atoms with van der Waals surface area (Å²) < 4.78 is 21.7. The molecule has 0 saturated carbocycles. The van der Waals surface area contributed by atoms with E-state index in [1.54, 1.807) is 32.9 Å². The molecule has 0 aliphatic heterocycles. The minimum Gasteiger partial charge on any atom is -0.404 e. The third-order valence-electron chi connectivity index (χ3n) is 2.16. The fourth-order valence-electron chi connectivity index (χ4n) is 1.41. The average Bonchev–Trinajstić information content (AvgIpc) is 2.13. The molecule has 0 aliphatic rings. The van der Waals surface area contributed by atoms with Crippen LogP contribution in [-0.2, 0) is 9.09 Å². The molecule has 0 heterocycles. The Hall–Kier alpha value is -0.830. The summed E-state index contributed by atoms with van der Waals surface area (Å²) in [6, 6.07) is 7.09. The molecule has 1 unspecified atom stereocenters. The van der Waals surface area contributed by atoms with Gasteiger partial charge in [0.15, 0.2) is 0 Å². The van der Waals surface area contributed by atoms with E-state index >= 15 is 0 Å².